The number of nitrogens with zero attached hydrogens (tertiary/aromatic N) is 2. The van der Waals surface area contributed by atoms with Crippen molar-refractivity contribution in [3.63, 3.8) is 0 Å². The molecule has 0 amide bonds. The summed E-state index contributed by atoms with van der Waals surface area (Å²) in [6.45, 7) is 3.55. The number of ether oxygens (including phenoxy) is 1. The number of hydrogen-bond donors (Lipinski definition) is 1. The summed E-state index contributed by atoms with van der Waals surface area (Å²) in [5, 5.41) is 4.29. The maximum Gasteiger partial charge on any atom is 0.135 e. The molecule has 4 nitrogen and oxygen atoms in total. The van der Waals surface area contributed by atoms with Crippen LogP contribution in [0.4, 0.5) is 5.82 Å². The van der Waals surface area contributed by atoms with Crippen LogP contribution in [0.15, 0.2) is 41.4 Å². The van der Waals surface area contributed by atoms with E-state index in [-0.39, 0.29) is 0 Å². The summed E-state index contributed by atoms with van der Waals surface area (Å²) >= 11 is 1.72. The Kier molecular flexibility index (Phi) is 5.15. The minimum absolute atomic E-state index is 0.666. The first kappa shape index (κ1) is 13.8. The standard InChI is InChI=1S/C14H19N3OS/c1-2-19-13-11-16-17(14(13)15)9-6-10-18-12-7-4-3-5-8-12/h3-5,7-8,11H,2,6,9-10,15H2,1H3. The molecule has 0 saturated carbocycles. The van der Waals surface area contributed by atoms with Crippen molar-refractivity contribution in [2.24, 2.45) is 0 Å². The fourth-order valence-electron chi connectivity index (χ4n) is 1.74. The summed E-state index contributed by atoms with van der Waals surface area (Å²) in [5.41, 5.74) is 6.02. The molecule has 0 aliphatic rings. The fourth-order valence-corrected chi connectivity index (χ4v) is 2.43. The van der Waals surface area contributed by atoms with Gasteiger partial charge in [0, 0.05) is 13.0 Å². The molecule has 0 bridgehead atoms. The number of benzene rings is 1. The summed E-state index contributed by atoms with van der Waals surface area (Å²) in [6, 6.07) is 9.82. The van der Waals surface area contributed by atoms with Crippen molar-refractivity contribution in [3.05, 3.63) is 36.5 Å². The van der Waals surface area contributed by atoms with E-state index in [1.807, 2.05) is 41.2 Å². The van der Waals surface area contributed by atoms with Crippen LogP contribution >= 0.6 is 11.8 Å². The lowest BCUT2D eigenvalue weighted by Crippen LogP contribution is -2.08. The second-order valence-electron chi connectivity index (χ2n) is 4.07. The van der Waals surface area contributed by atoms with Crippen LogP contribution in [0.1, 0.15) is 13.3 Å². The molecule has 0 atom stereocenters. The molecule has 2 aromatic rings. The lowest BCUT2D eigenvalue weighted by Gasteiger charge is -2.07. The minimum atomic E-state index is 0.666. The fraction of sp³-hybridized carbons (Fsp3) is 0.357. The Bertz CT molecular complexity index is 499. The summed E-state index contributed by atoms with van der Waals surface area (Å²) in [4.78, 5) is 1.06. The Balaban J connectivity index is 1.77. The lowest BCUT2D eigenvalue weighted by molar-refractivity contribution is 0.299. The van der Waals surface area contributed by atoms with Crippen molar-refractivity contribution in [1.82, 2.24) is 9.78 Å². The smallest absolute Gasteiger partial charge is 0.135 e. The predicted octanol–water partition coefficient (Wildman–Crippen LogP) is 3.05. The number of rotatable bonds is 7. The van der Waals surface area contributed by atoms with Crippen LogP contribution in [-0.2, 0) is 6.54 Å². The van der Waals surface area contributed by atoms with E-state index in [1.54, 1.807) is 11.8 Å². The highest BCUT2D eigenvalue weighted by atomic mass is 32.2. The van der Waals surface area contributed by atoms with Gasteiger partial charge in [0.15, 0.2) is 0 Å². The molecule has 1 heterocycles. The second-order valence-corrected chi connectivity index (χ2v) is 5.37. The van der Waals surface area contributed by atoms with Gasteiger partial charge in [-0.25, -0.2) is 4.68 Å². The first-order valence-electron chi connectivity index (χ1n) is 6.43. The van der Waals surface area contributed by atoms with Gasteiger partial charge in [0.2, 0.25) is 0 Å². The number of thioether (sulfide) groups is 1. The van der Waals surface area contributed by atoms with Crippen LogP contribution in [0, 0.1) is 0 Å². The molecule has 1 aromatic carbocycles. The Morgan fingerprint density at radius 1 is 1.32 bits per heavy atom. The van der Waals surface area contributed by atoms with Crippen molar-refractivity contribution in [2.45, 2.75) is 24.8 Å². The van der Waals surface area contributed by atoms with Gasteiger partial charge in [-0.15, -0.1) is 11.8 Å². The first-order valence-corrected chi connectivity index (χ1v) is 7.41. The van der Waals surface area contributed by atoms with Crippen molar-refractivity contribution < 1.29 is 4.74 Å². The van der Waals surface area contributed by atoms with Gasteiger partial charge >= 0.3 is 0 Å². The molecule has 0 aliphatic heterocycles. The van der Waals surface area contributed by atoms with E-state index in [9.17, 15) is 0 Å². The number of anilines is 1. The molecule has 0 unspecified atom stereocenters. The number of para-hydroxylation sites is 1. The van der Waals surface area contributed by atoms with E-state index in [4.69, 9.17) is 10.5 Å². The summed E-state index contributed by atoms with van der Waals surface area (Å²) in [5.74, 6) is 2.66. The lowest BCUT2D eigenvalue weighted by atomic mass is 10.3. The van der Waals surface area contributed by atoms with E-state index in [0.717, 1.165) is 35.2 Å². The van der Waals surface area contributed by atoms with Gasteiger partial charge in [-0.05, 0) is 17.9 Å². The number of nitrogens with two attached hydrogens (primary N) is 1. The molecule has 19 heavy (non-hydrogen) atoms. The van der Waals surface area contributed by atoms with Crippen molar-refractivity contribution in [1.29, 1.82) is 0 Å². The third-order valence-electron chi connectivity index (χ3n) is 2.67. The normalized spacial score (nSPS) is 10.6. The predicted molar refractivity (Wildman–Crippen MR) is 79.6 cm³/mol. The van der Waals surface area contributed by atoms with Gasteiger partial charge in [0.05, 0.1) is 17.7 Å². The van der Waals surface area contributed by atoms with Crippen LogP contribution in [0.5, 0.6) is 5.75 Å². The number of nitrogen functional groups attached to an aromatic ring is 1. The van der Waals surface area contributed by atoms with E-state index < -0.39 is 0 Å². The van der Waals surface area contributed by atoms with E-state index in [2.05, 4.69) is 12.0 Å². The number of aromatic nitrogens is 2. The highest BCUT2D eigenvalue weighted by molar-refractivity contribution is 7.99. The molecule has 2 N–H and O–H groups in total. The quantitative estimate of drug-likeness (QED) is 0.624. The Morgan fingerprint density at radius 2 is 2.11 bits per heavy atom. The number of aryl methyl sites for hydroxylation is 1. The van der Waals surface area contributed by atoms with Crippen molar-refractivity contribution in [3.8, 4) is 5.75 Å². The third kappa shape index (κ3) is 3.92. The number of hydrogen-bond acceptors (Lipinski definition) is 4. The molecular weight excluding hydrogens is 258 g/mol. The summed E-state index contributed by atoms with van der Waals surface area (Å²) in [7, 11) is 0. The molecule has 0 radical (unpaired) electrons. The van der Waals surface area contributed by atoms with Crippen molar-refractivity contribution >= 4 is 17.6 Å². The van der Waals surface area contributed by atoms with Crippen LogP contribution in [-0.4, -0.2) is 22.1 Å². The highest BCUT2D eigenvalue weighted by Crippen LogP contribution is 2.24. The van der Waals surface area contributed by atoms with Gasteiger partial charge < -0.3 is 10.5 Å². The zero-order valence-electron chi connectivity index (χ0n) is 11.1. The van der Waals surface area contributed by atoms with Crippen LogP contribution in [0.25, 0.3) is 0 Å². The maximum atomic E-state index is 6.02. The SMILES string of the molecule is CCSc1cnn(CCCOc2ccccc2)c1N. The molecule has 0 spiro atoms. The second kappa shape index (κ2) is 7.09. The van der Waals surface area contributed by atoms with Crippen LogP contribution in [0.2, 0.25) is 0 Å². The Morgan fingerprint density at radius 3 is 2.84 bits per heavy atom. The molecule has 1 aromatic heterocycles. The molecule has 2 rings (SSSR count). The van der Waals surface area contributed by atoms with E-state index in [0.29, 0.717) is 6.61 Å². The molecule has 102 valence electrons. The van der Waals surface area contributed by atoms with Crippen molar-refractivity contribution in [2.75, 3.05) is 18.1 Å². The molecule has 0 aliphatic carbocycles. The monoisotopic (exact) mass is 277 g/mol. The van der Waals surface area contributed by atoms with Gasteiger partial charge in [0.25, 0.3) is 0 Å². The summed E-state index contributed by atoms with van der Waals surface area (Å²) in [6.07, 6.45) is 2.72. The highest BCUT2D eigenvalue weighted by Gasteiger charge is 2.06. The summed E-state index contributed by atoms with van der Waals surface area (Å²) < 4.78 is 7.47. The van der Waals surface area contributed by atoms with E-state index >= 15 is 0 Å². The molecular formula is C14H19N3OS. The van der Waals surface area contributed by atoms with Crippen LogP contribution < -0.4 is 10.5 Å². The third-order valence-corrected chi connectivity index (χ3v) is 3.59. The maximum absolute atomic E-state index is 6.02. The van der Waals surface area contributed by atoms with Gasteiger partial charge in [-0.1, -0.05) is 25.1 Å². The van der Waals surface area contributed by atoms with Gasteiger partial charge in [-0.2, -0.15) is 5.10 Å². The van der Waals surface area contributed by atoms with Gasteiger partial charge in [-0.3, -0.25) is 0 Å². The average molecular weight is 277 g/mol. The Labute approximate surface area is 117 Å². The minimum Gasteiger partial charge on any atom is -0.494 e. The molecule has 5 heteroatoms. The van der Waals surface area contributed by atoms with Crippen LogP contribution in [0.3, 0.4) is 0 Å². The zero-order chi connectivity index (χ0) is 13.5. The zero-order valence-corrected chi connectivity index (χ0v) is 11.9. The van der Waals surface area contributed by atoms with Gasteiger partial charge in [0.1, 0.15) is 11.6 Å². The largest absolute Gasteiger partial charge is 0.494 e. The van der Waals surface area contributed by atoms with E-state index in [1.165, 1.54) is 0 Å². The topological polar surface area (TPSA) is 53.1 Å². The molecule has 0 saturated heterocycles. The average Bonchev–Trinajstić information content (AvgIpc) is 2.78. The molecule has 0 fully saturated rings. The Hall–Kier alpha value is -1.62. The first-order chi connectivity index (χ1) is 9.31.